The van der Waals surface area contributed by atoms with Crippen LogP contribution in [0.5, 0.6) is 0 Å². The van der Waals surface area contributed by atoms with Gasteiger partial charge in [0.25, 0.3) is 0 Å². The Labute approximate surface area is 87.5 Å². The van der Waals surface area contributed by atoms with Crippen molar-refractivity contribution in [1.29, 1.82) is 0 Å². The number of H-pyrrole nitrogens is 1. The van der Waals surface area contributed by atoms with E-state index in [-0.39, 0.29) is 12.4 Å². The van der Waals surface area contributed by atoms with Crippen LogP contribution in [0, 0.1) is 6.92 Å². The van der Waals surface area contributed by atoms with Crippen molar-refractivity contribution in [3.05, 3.63) is 24.0 Å². The molecule has 0 bridgehead atoms. The first kappa shape index (κ1) is 11.0. The number of hydrogen-bond acceptors (Lipinski definition) is 3. The molecule has 0 aliphatic carbocycles. The van der Waals surface area contributed by atoms with E-state index in [9.17, 15) is 0 Å². The fraction of sp³-hybridized carbons (Fsp3) is 0.125. The van der Waals surface area contributed by atoms with Crippen LogP contribution in [-0.2, 0) is 0 Å². The van der Waals surface area contributed by atoms with E-state index in [2.05, 4.69) is 9.97 Å². The van der Waals surface area contributed by atoms with Crippen LogP contribution in [0.4, 0.5) is 0 Å². The van der Waals surface area contributed by atoms with Crippen molar-refractivity contribution in [3.63, 3.8) is 0 Å². The molecule has 0 radical (unpaired) electrons. The smallest absolute Gasteiger partial charge is 0.423 e. The number of imidazole rings is 1. The van der Waals surface area contributed by atoms with Gasteiger partial charge in [-0.2, -0.15) is 0 Å². The third kappa shape index (κ3) is 1.90. The maximum absolute atomic E-state index is 8.91. The molecule has 0 atom stereocenters. The fourth-order valence-corrected chi connectivity index (χ4v) is 1.32. The molecule has 74 valence electrons. The number of hydrogen-bond donors (Lipinski definition) is 3. The van der Waals surface area contributed by atoms with Gasteiger partial charge in [0.05, 0.1) is 11.0 Å². The van der Waals surface area contributed by atoms with Gasteiger partial charge < -0.3 is 15.0 Å². The predicted molar refractivity (Wildman–Crippen MR) is 57.9 cm³/mol. The maximum Gasteiger partial charge on any atom is 0.488 e. The quantitative estimate of drug-likeness (QED) is 0.582. The van der Waals surface area contributed by atoms with Crippen molar-refractivity contribution in [3.8, 4) is 0 Å². The summed E-state index contributed by atoms with van der Waals surface area (Å²) in [5, 5.41) is 17.8. The second-order valence-electron chi connectivity index (χ2n) is 2.97. The first-order valence-electron chi connectivity index (χ1n) is 3.99. The summed E-state index contributed by atoms with van der Waals surface area (Å²) >= 11 is 0. The summed E-state index contributed by atoms with van der Waals surface area (Å²) in [6.07, 6.45) is 0. The first-order valence-corrected chi connectivity index (χ1v) is 3.99. The van der Waals surface area contributed by atoms with Gasteiger partial charge in [-0.1, -0.05) is 6.07 Å². The lowest BCUT2D eigenvalue weighted by Crippen LogP contribution is -2.29. The van der Waals surface area contributed by atoms with Gasteiger partial charge in [0.15, 0.2) is 0 Å². The lowest BCUT2D eigenvalue weighted by Gasteiger charge is -1.97. The molecule has 2 aromatic rings. The number of rotatable bonds is 1. The molecule has 0 saturated carbocycles. The Balaban J connectivity index is 0.000000980. The van der Waals surface area contributed by atoms with Crippen molar-refractivity contribution >= 4 is 36.0 Å². The van der Waals surface area contributed by atoms with E-state index in [1.54, 1.807) is 18.2 Å². The minimum Gasteiger partial charge on any atom is -0.423 e. The molecular weight excluding hydrogens is 202 g/mol. The minimum absolute atomic E-state index is 0. The minimum atomic E-state index is -1.42. The zero-order chi connectivity index (χ0) is 9.42. The van der Waals surface area contributed by atoms with E-state index < -0.39 is 7.12 Å². The highest BCUT2D eigenvalue weighted by atomic mass is 35.5. The van der Waals surface area contributed by atoms with Crippen molar-refractivity contribution in [2.75, 3.05) is 0 Å². The van der Waals surface area contributed by atoms with Crippen LogP contribution < -0.4 is 5.46 Å². The maximum atomic E-state index is 8.91. The number of aryl methyl sites for hydroxylation is 1. The number of halogens is 1. The van der Waals surface area contributed by atoms with Crippen LogP contribution in [0.1, 0.15) is 5.82 Å². The Morgan fingerprint density at radius 1 is 1.36 bits per heavy atom. The van der Waals surface area contributed by atoms with Crippen molar-refractivity contribution in [2.45, 2.75) is 6.92 Å². The topological polar surface area (TPSA) is 69.1 Å². The lowest BCUT2D eigenvalue weighted by atomic mass is 9.80. The van der Waals surface area contributed by atoms with Crippen LogP contribution in [0.2, 0.25) is 0 Å². The van der Waals surface area contributed by atoms with E-state index in [1.807, 2.05) is 6.92 Å². The molecule has 0 amide bonds. The number of benzene rings is 1. The molecule has 6 heteroatoms. The molecule has 14 heavy (non-hydrogen) atoms. The molecule has 0 fully saturated rings. The highest BCUT2D eigenvalue weighted by molar-refractivity contribution is 6.58. The summed E-state index contributed by atoms with van der Waals surface area (Å²) in [4.78, 5) is 7.22. The molecule has 2 rings (SSSR count). The Hall–Kier alpha value is -1.04. The molecule has 4 nitrogen and oxygen atoms in total. The zero-order valence-corrected chi connectivity index (χ0v) is 8.38. The monoisotopic (exact) mass is 212 g/mol. The average Bonchev–Trinajstić information content (AvgIpc) is 2.42. The van der Waals surface area contributed by atoms with Gasteiger partial charge in [-0.15, -0.1) is 12.4 Å². The number of nitrogens with zero attached hydrogens (tertiary/aromatic N) is 1. The standard InChI is InChI=1S/C8H9BN2O2.ClH/c1-5-10-7-3-2-6(9(12)13)4-8(7)11-5;/h2-4,12-13H,1H3,(H,10,11);1H. The second-order valence-corrected chi connectivity index (χ2v) is 2.97. The van der Waals surface area contributed by atoms with E-state index in [0.717, 1.165) is 16.9 Å². The highest BCUT2D eigenvalue weighted by Gasteiger charge is 2.11. The second kappa shape index (κ2) is 4.00. The molecule has 0 aliphatic rings. The third-order valence-electron chi connectivity index (χ3n) is 1.92. The molecule has 1 aromatic carbocycles. The summed E-state index contributed by atoms with van der Waals surface area (Å²) in [5.41, 5.74) is 2.13. The van der Waals surface area contributed by atoms with Crippen LogP contribution in [0.15, 0.2) is 18.2 Å². The fourth-order valence-electron chi connectivity index (χ4n) is 1.32. The molecule has 0 saturated heterocycles. The van der Waals surface area contributed by atoms with Gasteiger partial charge in [0, 0.05) is 0 Å². The predicted octanol–water partition coefficient (Wildman–Crippen LogP) is -0.0271. The Bertz CT molecular complexity index is 444. The summed E-state index contributed by atoms with van der Waals surface area (Å²) in [6.45, 7) is 1.86. The summed E-state index contributed by atoms with van der Waals surface area (Å²) < 4.78 is 0. The Morgan fingerprint density at radius 2 is 2.07 bits per heavy atom. The Kier molecular flexibility index (Phi) is 3.15. The van der Waals surface area contributed by atoms with E-state index in [1.165, 1.54) is 0 Å². The Morgan fingerprint density at radius 3 is 2.71 bits per heavy atom. The third-order valence-corrected chi connectivity index (χ3v) is 1.92. The highest BCUT2D eigenvalue weighted by Crippen LogP contribution is 2.08. The number of aromatic amines is 1. The lowest BCUT2D eigenvalue weighted by molar-refractivity contribution is 0.426. The molecule has 0 aliphatic heterocycles. The molecule has 0 spiro atoms. The van der Waals surface area contributed by atoms with E-state index >= 15 is 0 Å². The number of fused-ring (bicyclic) bond motifs is 1. The average molecular weight is 212 g/mol. The van der Waals surface area contributed by atoms with Crippen LogP contribution in [-0.4, -0.2) is 27.1 Å². The summed E-state index contributed by atoms with van der Waals surface area (Å²) in [7, 11) is -1.42. The summed E-state index contributed by atoms with van der Waals surface area (Å²) in [6, 6.07) is 5.08. The summed E-state index contributed by atoms with van der Waals surface area (Å²) in [5.74, 6) is 0.819. The first-order chi connectivity index (χ1) is 6.16. The molecule has 3 N–H and O–H groups in total. The molecule has 1 aromatic heterocycles. The normalized spacial score (nSPS) is 9.93. The van der Waals surface area contributed by atoms with Crippen molar-refractivity contribution in [2.24, 2.45) is 0 Å². The van der Waals surface area contributed by atoms with Gasteiger partial charge in [0.2, 0.25) is 0 Å². The van der Waals surface area contributed by atoms with E-state index in [4.69, 9.17) is 10.0 Å². The van der Waals surface area contributed by atoms with Gasteiger partial charge in [0.1, 0.15) is 5.82 Å². The molecule has 0 unspecified atom stereocenters. The SMILES string of the molecule is Cc1nc2ccc(B(O)O)cc2[nH]1.Cl. The van der Waals surface area contributed by atoms with E-state index in [0.29, 0.717) is 5.46 Å². The molecule has 1 heterocycles. The van der Waals surface area contributed by atoms with Gasteiger partial charge in [-0.3, -0.25) is 0 Å². The zero-order valence-electron chi connectivity index (χ0n) is 7.56. The van der Waals surface area contributed by atoms with Crippen LogP contribution >= 0.6 is 12.4 Å². The van der Waals surface area contributed by atoms with Crippen LogP contribution in [0.3, 0.4) is 0 Å². The number of aromatic nitrogens is 2. The van der Waals surface area contributed by atoms with Crippen LogP contribution in [0.25, 0.3) is 11.0 Å². The van der Waals surface area contributed by atoms with Gasteiger partial charge in [-0.25, -0.2) is 4.98 Å². The van der Waals surface area contributed by atoms with Gasteiger partial charge >= 0.3 is 7.12 Å². The number of nitrogens with one attached hydrogen (secondary N) is 1. The largest absolute Gasteiger partial charge is 0.488 e. The van der Waals surface area contributed by atoms with Crippen molar-refractivity contribution < 1.29 is 10.0 Å². The van der Waals surface area contributed by atoms with Crippen molar-refractivity contribution in [1.82, 2.24) is 9.97 Å². The molecular formula is C8H10BClN2O2. The van der Waals surface area contributed by atoms with Gasteiger partial charge in [-0.05, 0) is 24.5 Å².